The molecule has 228 valence electrons. The Kier molecular flexibility index (Phi) is 8.68. The molecule has 1 amide bonds. The highest BCUT2D eigenvalue weighted by molar-refractivity contribution is 5.80. The molecule has 3 aliphatic heterocycles. The number of methoxy groups -OCH3 is 1. The van der Waals surface area contributed by atoms with E-state index in [0.717, 1.165) is 44.6 Å². The van der Waals surface area contributed by atoms with Gasteiger partial charge in [-0.1, -0.05) is 63.1 Å². The number of nitrogens with zero attached hydrogens (tertiary/aromatic N) is 3. The van der Waals surface area contributed by atoms with Crippen LogP contribution in [0.1, 0.15) is 83.7 Å². The largest absolute Gasteiger partial charge is 0.497 e. The number of carbonyl (C=O) groups is 1. The van der Waals surface area contributed by atoms with E-state index in [1.54, 1.807) is 7.11 Å². The van der Waals surface area contributed by atoms with Gasteiger partial charge in [-0.05, 0) is 80.6 Å². The number of likely N-dealkylation sites (tertiary alicyclic amines) is 2. The Hall–Kier alpha value is -2.41. The molecule has 6 nitrogen and oxygen atoms in total. The van der Waals surface area contributed by atoms with Gasteiger partial charge >= 0.3 is 0 Å². The van der Waals surface area contributed by atoms with Gasteiger partial charge in [-0.3, -0.25) is 20.0 Å². The summed E-state index contributed by atoms with van der Waals surface area (Å²) in [6.07, 6.45) is 18.2. The van der Waals surface area contributed by atoms with E-state index >= 15 is 0 Å². The molecule has 4 fully saturated rings. The smallest absolute Gasteiger partial charge is 0.241 e. The first-order valence-corrected chi connectivity index (χ1v) is 16.7. The number of amides is 1. The summed E-state index contributed by atoms with van der Waals surface area (Å²) >= 11 is 0. The highest BCUT2D eigenvalue weighted by atomic mass is 16.5. The molecule has 1 aromatic rings. The summed E-state index contributed by atoms with van der Waals surface area (Å²) in [7, 11) is 1.75. The number of benzene rings is 1. The molecule has 1 spiro atoms. The molecule has 8 atom stereocenters. The molecule has 0 bridgehead atoms. The first-order valence-electron chi connectivity index (χ1n) is 16.7. The highest BCUT2D eigenvalue weighted by Crippen LogP contribution is 2.69. The van der Waals surface area contributed by atoms with Gasteiger partial charge in [0.25, 0.3) is 0 Å². The second kappa shape index (κ2) is 12.3. The molecule has 3 saturated heterocycles. The zero-order valence-corrected chi connectivity index (χ0v) is 26.3. The molecule has 0 aromatic heterocycles. The van der Waals surface area contributed by atoms with Gasteiger partial charge in [-0.2, -0.15) is 0 Å². The maximum atomic E-state index is 13.3. The van der Waals surface area contributed by atoms with Crippen LogP contribution in [-0.4, -0.2) is 71.1 Å². The number of fused-ring (bicyclic) bond motifs is 3. The van der Waals surface area contributed by atoms with Crippen LogP contribution in [0.2, 0.25) is 0 Å². The van der Waals surface area contributed by atoms with Crippen molar-refractivity contribution in [1.29, 1.82) is 0 Å². The SMILES string of the molecule is C=CCN1C(CC)C(C)C12C1CCC(C)N(C(C3=CCC(C(=O)NN4CCCCCC4)C=C3)c3cccc(OC)c3)C12. The number of piperidine rings is 1. The van der Waals surface area contributed by atoms with Crippen LogP contribution in [0.25, 0.3) is 0 Å². The minimum atomic E-state index is -0.123. The maximum absolute atomic E-state index is 13.3. The third-order valence-corrected chi connectivity index (χ3v) is 11.4. The second-order valence-corrected chi connectivity index (χ2v) is 13.5. The van der Waals surface area contributed by atoms with E-state index in [0.29, 0.717) is 30.0 Å². The minimum Gasteiger partial charge on any atom is -0.497 e. The van der Waals surface area contributed by atoms with Crippen molar-refractivity contribution in [3.63, 3.8) is 0 Å². The van der Waals surface area contributed by atoms with E-state index in [1.165, 1.54) is 43.2 Å². The number of nitrogens with one attached hydrogen (secondary N) is 1. The van der Waals surface area contributed by atoms with E-state index in [1.807, 2.05) is 6.07 Å². The highest BCUT2D eigenvalue weighted by Gasteiger charge is 2.80. The number of hydrogen-bond donors (Lipinski definition) is 1. The number of hydrogen-bond acceptors (Lipinski definition) is 5. The van der Waals surface area contributed by atoms with Crippen molar-refractivity contribution in [2.75, 3.05) is 26.7 Å². The van der Waals surface area contributed by atoms with E-state index in [2.05, 4.69) is 90.1 Å². The van der Waals surface area contributed by atoms with Gasteiger partial charge in [0.15, 0.2) is 0 Å². The summed E-state index contributed by atoms with van der Waals surface area (Å²) in [4.78, 5) is 18.9. The van der Waals surface area contributed by atoms with Crippen LogP contribution < -0.4 is 10.2 Å². The summed E-state index contributed by atoms with van der Waals surface area (Å²) in [6, 6.07) is 10.4. The Bertz CT molecular complexity index is 1200. The van der Waals surface area contributed by atoms with E-state index in [4.69, 9.17) is 4.74 Å². The molecule has 42 heavy (non-hydrogen) atoms. The third kappa shape index (κ3) is 4.97. The second-order valence-electron chi connectivity index (χ2n) is 13.5. The summed E-state index contributed by atoms with van der Waals surface area (Å²) < 4.78 is 5.71. The predicted molar refractivity (Wildman–Crippen MR) is 170 cm³/mol. The fourth-order valence-corrected chi connectivity index (χ4v) is 9.39. The van der Waals surface area contributed by atoms with Gasteiger partial charge < -0.3 is 4.74 Å². The van der Waals surface area contributed by atoms with Crippen LogP contribution in [0.4, 0.5) is 0 Å². The average Bonchev–Trinajstić information content (AvgIpc) is 3.77. The number of hydrazine groups is 1. The van der Waals surface area contributed by atoms with Crippen LogP contribution in [0.15, 0.2) is 60.7 Å². The number of ether oxygens (including phenoxy) is 1. The Morgan fingerprint density at radius 1 is 1.19 bits per heavy atom. The normalized spacial score (nSPS) is 35.9. The van der Waals surface area contributed by atoms with Crippen LogP contribution in [0.5, 0.6) is 5.75 Å². The van der Waals surface area contributed by atoms with Gasteiger partial charge in [0.05, 0.1) is 19.1 Å². The predicted octanol–water partition coefficient (Wildman–Crippen LogP) is 6.28. The fourth-order valence-electron chi connectivity index (χ4n) is 9.39. The molecule has 3 heterocycles. The molecule has 1 N–H and O–H groups in total. The standard InChI is InChI=1S/C36H52N4O2/c1-6-21-39-32(7-2)26(4)36(39)31-20-15-25(3)40(34(31)36)33(29-13-12-14-30(24-29)42-5)27-16-18-28(19-17-27)35(41)37-38-22-10-8-9-11-23-38/h6,12-14,16-18,24-26,28,31-34H,1,7-11,15,19-23H2,2-5H3,(H,37,41). The lowest BCUT2D eigenvalue weighted by Crippen LogP contribution is -2.68. The van der Waals surface area contributed by atoms with Gasteiger partial charge in [0.1, 0.15) is 5.75 Å². The quantitative estimate of drug-likeness (QED) is 0.353. The van der Waals surface area contributed by atoms with Gasteiger partial charge in [-0.15, -0.1) is 6.58 Å². The Balaban J connectivity index is 1.29. The molecule has 1 aromatic carbocycles. The fraction of sp³-hybridized carbons (Fsp3) is 0.639. The molecule has 6 heteroatoms. The minimum absolute atomic E-state index is 0.123. The van der Waals surface area contributed by atoms with Crippen molar-refractivity contribution in [1.82, 2.24) is 20.2 Å². The Labute approximate surface area is 253 Å². The average molecular weight is 573 g/mol. The number of carbonyl (C=O) groups excluding carboxylic acids is 1. The molecule has 5 aliphatic rings. The van der Waals surface area contributed by atoms with Crippen LogP contribution in [-0.2, 0) is 4.79 Å². The molecule has 8 unspecified atom stereocenters. The van der Waals surface area contributed by atoms with E-state index < -0.39 is 0 Å². The zero-order valence-electron chi connectivity index (χ0n) is 26.3. The summed E-state index contributed by atoms with van der Waals surface area (Å²) in [5.41, 5.74) is 6.07. The summed E-state index contributed by atoms with van der Waals surface area (Å²) in [5, 5.41) is 2.14. The monoisotopic (exact) mass is 572 g/mol. The van der Waals surface area contributed by atoms with Crippen molar-refractivity contribution >= 4 is 5.91 Å². The zero-order chi connectivity index (χ0) is 29.4. The lowest BCUT2D eigenvalue weighted by molar-refractivity contribution is -0.128. The summed E-state index contributed by atoms with van der Waals surface area (Å²) in [5.74, 6) is 2.28. The van der Waals surface area contributed by atoms with Crippen molar-refractivity contribution in [3.8, 4) is 5.75 Å². The molecular formula is C36H52N4O2. The van der Waals surface area contributed by atoms with E-state index in [-0.39, 0.29) is 23.4 Å². The van der Waals surface area contributed by atoms with E-state index in [9.17, 15) is 4.79 Å². The van der Waals surface area contributed by atoms with Gasteiger partial charge in [0, 0.05) is 43.3 Å². The molecular weight excluding hydrogens is 520 g/mol. The van der Waals surface area contributed by atoms with Crippen LogP contribution in [0.3, 0.4) is 0 Å². The van der Waals surface area contributed by atoms with Crippen molar-refractivity contribution in [2.45, 2.75) is 102 Å². The maximum Gasteiger partial charge on any atom is 0.241 e. The molecule has 1 saturated carbocycles. The van der Waals surface area contributed by atoms with Gasteiger partial charge in [0.2, 0.25) is 5.91 Å². The Morgan fingerprint density at radius 2 is 1.98 bits per heavy atom. The number of allylic oxidation sites excluding steroid dienone is 1. The molecule has 0 radical (unpaired) electrons. The van der Waals surface area contributed by atoms with Crippen LogP contribution in [0, 0.1) is 17.8 Å². The topological polar surface area (TPSA) is 48.0 Å². The van der Waals surface area contributed by atoms with Crippen molar-refractivity contribution in [2.24, 2.45) is 17.8 Å². The molecule has 6 rings (SSSR count). The van der Waals surface area contributed by atoms with Crippen LogP contribution >= 0.6 is 0 Å². The van der Waals surface area contributed by atoms with Crippen molar-refractivity contribution < 1.29 is 9.53 Å². The lowest BCUT2D eigenvalue weighted by Gasteiger charge is -2.57. The first-order chi connectivity index (χ1) is 20.4. The lowest BCUT2D eigenvalue weighted by atomic mass is 9.74. The summed E-state index contributed by atoms with van der Waals surface area (Å²) in [6.45, 7) is 14.3. The first kappa shape index (κ1) is 29.7. The molecule has 2 aliphatic carbocycles. The van der Waals surface area contributed by atoms with Crippen molar-refractivity contribution in [3.05, 3.63) is 66.3 Å². The number of rotatable bonds is 9. The Morgan fingerprint density at radius 3 is 2.64 bits per heavy atom. The third-order valence-electron chi connectivity index (χ3n) is 11.4. The van der Waals surface area contributed by atoms with Gasteiger partial charge in [-0.25, -0.2) is 5.01 Å².